The molecule has 100 valence electrons. The van der Waals surface area contributed by atoms with Gasteiger partial charge in [0.2, 0.25) is 11.6 Å². The average molecular weight is 291 g/mol. The summed E-state index contributed by atoms with van der Waals surface area (Å²) in [4.78, 5) is 2.46. The van der Waals surface area contributed by atoms with E-state index < -0.39 is 29.2 Å². The molecule has 0 saturated heterocycles. The largest absolute Gasteiger partial charge is 0.349 e. The summed E-state index contributed by atoms with van der Waals surface area (Å²) >= 11 is 5.85. The molecule has 1 aromatic carbocycles. The lowest BCUT2D eigenvalue weighted by atomic mass is 10.2. The molecule has 0 bridgehead atoms. The molecule has 1 heterocycles. The minimum atomic E-state index is -1.73. The number of hydrogen-bond acceptors (Lipinski definition) is 2. The third kappa shape index (κ3) is 2.49. The quantitative estimate of drug-likeness (QED) is 0.657. The Morgan fingerprint density at radius 3 is 2.11 bits per heavy atom. The number of aryl methyl sites for hydroxylation is 1. The van der Waals surface area contributed by atoms with E-state index in [1.807, 2.05) is 0 Å². The first-order chi connectivity index (χ1) is 8.91. The van der Waals surface area contributed by atoms with E-state index in [0.717, 1.165) is 0 Å². The molecule has 7 heteroatoms. The Morgan fingerprint density at radius 1 is 1.00 bits per heavy atom. The van der Waals surface area contributed by atoms with Gasteiger partial charge in [0.15, 0.2) is 0 Å². The van der Waals surface area contributed by atoms with Gasteiger partial charge in [-0.25, -0.2) is 0 Å². The molecule has 0 aliphatic carbocycles. The highest BCUT2D eigenvalue weighted by Crippen LogP contribution is 2.32. The molecular formula is C12H7ClF4N2. The third-order valence-corrected chi connectivity index (χ3v) is 2.78. The number of halogens is 5. The van der Waals surface area contributed by atoms with Crippen molar-refractivity contribution in [1.82, 2.24) is 4.98 Å². The van der Waals surface area contributed by atoms with Crippen molar-refractivity contribution in [2.24, 2.45) is 0 Å². The molecule has 19 heavy (non-hydrogen) atoms. The third-order valence-electron chi connectivity index (χ3n) is 2.47. The smallest absolute Gasteiger partial charge is 0.253 e. The van der Waals surface area contributed by atoms with Crippen LogP contribution in [0.2, 0.25) is 5.02 Å². The van der Waals surface area contributed by atoms with Crippen LogP contribution in [-0.2, 0) is 0 Å². The average Bonchev–Trinajstić information content (AvgIpc) is 2.35. The van der Waals surface area contributed by atoms with Gasteiger partial charge in [-0.1, -0.05) is 23.7 Å². The molecule has 2 nitrogen and oxygen atoms in total. The molecule has 0 fully saturated rings. The van der Waals surface area contributed by atoms with E-state index in [1.54, 1.807) is 19.1 Å². The van der Waals surface area contributed by atoms with E-state index in [1.165, 1.54) is 6.07 Å². The second kappa shape index (κ2) is 5.05. The first-order valence-corrected chi connectivity index (χ1v) is 5.51. The Balaban J connectivity index is 2.56. The van der Waals surface area contributed by atoms with Crippen LogP contribution in [0.5, 0.6) is 0 Å². The predicted molar refractivity (Wildman–Crippen MR) is 63.5 cm³/mol. The van der Waals surface area contributed by atoms with Crippen LogP contribution >= 0.6 is 11.6 Å². The number of hydrogen-bond donors (Lipinski definition) is 1. The van der Waals surface area contributed by atoms with Crippen molar-refractivity contribution in [2.45, 2.75) is 6.92 Å². The number of nitrogens with zero attached hydrogens (tertiary/aromatic N) is 1. The Labute approximate surface area is 111 Å². The Bertz CT molecular complexity index is 600. The van der Waals surface area contributed by atoms with Crippen molar-refractivity contribution in [3.05, 3.63) is 52.3 Å². The van der Waals surface area contributed by atoms with Crippen molar-refractivity contribution < 1.29 is 17.6 Å². The van der Waals surface area contributed by atoms with Crippen LogP contribution < -0.4 is 5.32 Å². The van der Waals surface area contributed by atoms with Crippen molar-refractivity contribution in [2.75, 3.05) is 5.32 Å². The van der Waals surface area contributed by atoms with E-state index in [2.05, 4.69) is 10.3 Å². The molecule has 2 aromatic rings. The highest BCUT2D eigenvalue weighted by molar-refractivity contribution is 6.33. The number of para-hydroxylation sites is 1. The lowest BCUT2D eigenvalue weighted by Crippen LogP contribution is -2.07. The normalized spacial score (nSPS) is 10.6. The lowest BCUT2D eigenvalue weighted by molar-refractivity contribution is 0.411. The summed E-state index contributed by atoms with van der Waals surface area (Å²) in [5.74, 6) is -6.69. The van der Waals surface area contributed by atoms with Crippen molar-refractivity contribution in [3.63, 3.8) is 0 Å². The lowest BCUT2D eigenvalue weighted by Gasteiger charge is -2.13. The summed E-state index contributed by atoms with van der Waals surface area (Å²) in [5.41, 5.74) is -0.253. The number of rotatable bonds is 2. The van der Waals surface area contributed by atoms with Gasteiger partial charge >= 0.3 is 0 Å². The second-order valence-corrected chi connectivity index (χ2v) is 4.16. The zero-order chi connectivity index (χ0) is 14.2. The van der Waals surface area contributed by atoms with Crippen LogP contribution in [0.4, 0.5) is 28.9 Å². The fourth-order valence-corrected chi connectivity index (χ4v) is 1.78. The maximum absolute atomic E-state index is 13.4. The summed E-state index contributed by atoms with van der Waals surface area (Å²) < 4.78 is 52.8. The molecule has 0 atom stereocenters. The van der Waals surface area contributed by atoms with E-state index >= 15 is 0 Å². The molecule has 0 radical (unpaired) electrons. The molecule has 0 amide bonds. The van der Waals surface area contributed by atoms with E-state index in [4.69, 9.17) is 11.6 Å². The van der Waals surface area contributed by atoms with Crippen LogP contribution in [-0.4, -0.2) is 4.98 Å². The monoisotopic (exact) mass is 290 g/mol. The zero-order valence-electron chi connectivity index (χ0n) is 9.57. The number of anilines is 2. The minimum absolute atomic E-state index is 0.159. The van der Waals surface area contributed by atoms with Gasteiger partial charge < -0.3 is 5.32 Å². The van der Waals surface area contributed by atoms with Gasteiger partial charge in [0, 0.05) is 0 Å². The number of benzene rings is 1. The molecule has 0 unspecified atom stereocenters. The molecule has 0 spiro atoms. The summed E-state index contributed by atoms with van der Waals surface area (Å²) in [7, 11) is 0. The maximum Gasteiger partial charge on any atom is 0.253 e. The first-order valence-electron chi connectivity index (χ1n) is 5.14. The van der Waals surface area contributed by atoms with Crippen molar-refractivity contribution in [1.29, 1.82) is 0 Å². The van der Waals surface area contributed by atoms with E-state index in [0.29, 0.717) is 5.56 Å². The van der Waals surface area contributed by atoms with Gasteiger partial charge in [-0.05, 0) is 18.6 Å². The Morgan fingerprint density at radius 2 is 1.58 bits per heavy atom. The minimum Gasteiger partial charge on any atom is -0.349 e. The van der Waals surface area contributed by atoms with Crippen LogP contribution in [0.25, 0.3) is 0 Å². The van der Waals surface area contributed by atoms with Crippen molar-refractivity contribution >= 4 is 23.0 Å². The van der Waals surface area contributed by atoms with Crippen molar-refractivity contribution in [3.8, 4) is 0 Å². The topological polar surface area (TPSA) is 24.9 Å². The number of aromatic nitrogens is 1. The number of pyridine rings is 1. The zero-order valence-corrected chi connectivity index (χ0v) is 10.3. The Kier molecular flexibility index (Phi) is 3.61. The van der Waals surface area contributed by atoms with Crippen LogP contribution in [0, 0.1) is 30.5 Å². The molecule has 2 rings (SSSR count). The highest BCUT2D eigenvalue weighted by Gasteiger charge is 2.21. The molecular weight excluding hydrogens is 284 g/mol. The second-order valence-electron chi connectivity index (χ2n) is 3.75. The fourth-order valence-electron chi connectivity index (χ4n) is 1.51. The fraction of sp³-hybridized carbons (Fsp3) is 0.0833. The van der Waals surface area contributed by atoms with E-state index in [-0.39, 0.29) is 10.7 Å². The highest BCUT2D eigenvalue weighted by atomic mass is 35.5. The molecule has 1 aromatic heterocycles. The standard InChI is InChI=1S/C12H7ClF4N2/c1-5-3-2-4-6(13)9(5)18-10-7(14)11(16)19-12(17)8(10)15/h2-4H,1H3,(H,18,19). The van der Waals surface area contributed by atoms with Gasteiger partial charge in [-0.15, -0.1) is 0 Å². The summed E-state index contributed by atoms with van der Waals surface area (Å²) in [5, 5.41) is 2.42. The van der Waals surface area contributed by atoms with Gasteiger partial charge in [0.25, 0.3) is 11.9 Å². The maximum atomic E-state index is 13.4. The van der Waals surface area contributed by atoms with Crippen LogP contribution in [0.3, 0.4) is 0 Å². The molecule has 0 saturated carbocycles. The predicted octanol–water partition coefficient (Wildman–Crippen LogP) is 4.34. The first kappa shape index (κ1) is 13.6. The van der Waals surface area contributed by atoms with Gasteiger partial charge in [-0.3, -0.25) is 0 Å². The summed E-state index contributed by atoms with van der Waals surface area (Å²) in [6, 6.07) is 4.72. The van der Waals surface area contributed by atoms with Gasteiger partial charge in [-0.2, -0.15) is 22.5 Å². The van der Waals surface area contributed by atoms with Gasteiger partial charge in [0.1, 0.15) is 5.69 Å². The summed E-state index contributed by atoms with van der Waals surface area (Å²) in [6.45, 7) is 1.62. The van der Waals surface area contributed by atoms with Gasteiger partial charge in [0.05, 0.1) is 10.7 Å². The van der Waals surface area contributed by atoms with Crippen LogP contribution in [0.15, 0.2) is 18.2 Å². The van der Waals surface area contributed by atoms with Crippen LogP contribution in [0.1, 0.15) is 5.56 Å². The molecule has 1 N–H and O–H groups in total. The van der Waals surface area contributed by atoms with E-state index in [9.17, 15) is 17.6 Å². The number of nitrogens with one attached hydrogen (secondary N) is 1. The molecule has 0 aliphatic rings. The summed E-state index contributed by atoms with van der Waals surface area (Å²) in [6.07, 6.45) is 0. The Hall–Kier alpha value is -1.82. The SMILES string of the molecule is Cc1cccc(Cl)c1Nc1c(F)c(F)nc(F)c1F. The molecule has 0 aliphatic heterocycles.